The summed E-state index contributed by atoms with van der Waals surface area (Å²) in [6, 6.07) is 5.15. The molecule has 0 spiro atoms. The molecule has 0 aromatic heterocycles. The molecule has 28 heavy (non-hydrogen) atoms. The number of thioether (sulfide) groups is 1. The third-order valence-electron chi connectivity index (χ3n) is 3.74. The molecule has 1 heterocycles. The van der Waals surface area contributed by atoms with Gasteiger partial charge in [-0.05, 0) is 69.6 Å². The van der Waals surface area contributed by atoms with Gasteiger partial charge in [-0.15, -0.1) is 0 Å². The number of esters is 1. The lowest BCUT2D eigenvalue weighted by atomic mass is 10.2. The van der Waals surface area contributed by atoms with E-state index in [1.165, 1.54) is 0 Å². The second-order valence-corrected chi connectivity index (χ2v) is 8.78. The van der Waals surface area contributed by atoms with Gasteiger partial charge in [0.1, 0.15) is 17.9 Å². The van der Waals surface area contributed by atoms with Crippen molar-refractivity contribution in [1.82, 2.24) is 4.90 Å². The molecule has 1 aliphatic heterocycles. The van der Waals surface area contributed by atoms with E-state index in [1.807, 2.05) is 13.8 Å². The van der Waals surface area contributed by atoms with Crippen LogP contribution in [0.25, 0.3) is 6.08 Å². The van der Waals surface area contributed by atoms with Crippen LogP contribution in [0.4, 0.5) is 4.79 Å². The molecule has 1 aliphatic rings. The highest BCUT2D eigenvalue weighted by molar-refractivity contribution is 8.18. The van der Waals surface area contributed by atoms with Crippen molar-refractivity contribution in [3.8, 4) is 5.75 Å². The lowest BCUT2D eigenvalue weighted by Crippen LogP contribution is -2.37. The van der Waals surface area contributed by atoms with E-state index in [0.29, 0.717) is 16.3 Å². The first-order valence-electron chi connectivity index (χ1n) is 8.93. The molecular weight excluding hydrogens is 402 g/mol. The minimum absolute atomic E-state index is 0.0349. The Labute approximate surface area is 174 Å². The zero-order chi connectivity index (χ0) is 21.1. The van der Waals surface area contributed by atoms with Crippen molar-refractivity contribution in [2.75, 3.05) is 6.54 Å². The molecule has 6 nitrogen and oxygen atoms in total. The van der Waals surface area contributed by atoms with Crippen LogP contribution in [0.5, 0.6) is 5.75 Å². The molecule has 0 radical (unpaired) electrons. The molecule has 0 aliphatic carbocycles. The number of carbonyl (C=O) groups excluding carboxylic acids is 3. The number of rotatable bonds is 6. The van der Waals surface area contributed by atoms with Gasteiger partial charge in [-0.25, -0.2) is 0 Å². The van der Waals surface area contributed by atoms with Crippen LogP contribution in [0.2, 0.25) is 5.02 Å². The third kappa shape index (κ3) is 6.01. The summed E-state index contributed by atoms with van der Waals surface area (Å²) in [7, 11) is 0. The Morgan fingerprint density at radius 3 is 2.57 bits per heavy atom. The SMILES string of the molecule is CCC(C)Oc1ccc(C=C2SC(=O)N(CC(=O)OC(C)(C)C)C2=O)cc1Cl. The van der Waals surface area contributed by atoms with E-state index in [9.17, 15) is 14.4 Å². The fourth-order valence-electron chi connectivity index (χ4n) is 2.29. The summed E-state index contributed by atoms with van der Waals surface area (Å²) in [6.07, 6.45) is 2.45. The van der Waals surface area contributed by atoms with Crippen LogP contribution in [-0.2, 0) is 14.3 Å². The Morgan fingerprint density at radius 1 is 1.32 bits per heavy atom. The zero-order valence-electron chi connectivity index (χ0n) is 16.6. The zero-order valence-corrected chi connectivity index (χ0v) is 18.1. The molecule has 152 valence electrons. The fourth-order valence-corrected chi connectivity index (χ4v) is 3.36. The maximum atomic E-state index is 12.5. The number of ether oxygens (including phenoxy) is 2. The van der Waals surface area contributed by atoms with Crippen molar-refractivity contribution in [1.29, 1.82) is 0 Å². The lowest BCUT2D eigenvalue weighted by Gasteiger charge is -2.21. The molecule has 0 N–H and O–H groups in total. The van der Waals surface area contributed by atoms with Crippen LogP contribution >= 0.6 is 23.4 Å². The fraction of sp³-hybridized carbons (Fsp3) is 0.450. The average molecular weight is 426 g/mol. The quantitative estimate of drug-likeness (QED) is 0.477. The molecule has 1 fully saturated rings. The number of carbonyl (C=O) groups is 3. The summed E-state index contributed by atoms with van der Waals surface area (Å²) >= 11 is 7.03. The monoisotopic (exact) mass is 425 g/mol. The van der Waals surface area contributed by atoms with Crippen LogP contribution < -0.4 is 4.74 Å². The van der Waals surface area contributed by atoms with Crippen molar-refractivity contribution in [2.45, 2.75) is 52.7 Å². The molecule has 1 unspecified atom stereocenters. The van der Waals surface area contributed by atoms with Crippen LogP contribution in [0.3, 0.4) is 0 Å². The van der Waals surface area contributed by atoms with Crippen LogP contribution in [0.15, 0.2) is 23.1 Å². The van der Waals surface area contributed by atoms with E-state index in [1.54, 1.807) is 45.0 Å². The van der Waals surface area contributed by atoms with Gasteiger partial charge >= 0.3 is 5.97 Å². The average Bonchev–Trinajstić information content (AvgIpc) is 2.83. The molecule has 8 heteroatoms. The Kier molecular flexibility index (Phi) is 7.17. The van der Waals surface area contributed by atoms with E-state index < -0.39 is 29.3 Å². The second kappa shape index (κ2) is 9.01. The van der Waals surface area contributed by atoms with Gasteiger partial charge < -0.3 is 9.47 Å². The predicted molar refractivity (Wildman–Crippen MR) is 110 cm³/mol. The van der Waals surface area contributed by atoms with Gasteiger partial charge in [0.25, 0.3) is 11.1 Å². The third-order valence-corrected chi connectivity index (χ3v) is 4.94. The lowest BCUT2D eigenvalue weighted by molar-refractivity contribution is -0.156. The number of nitrogens with zero attached hydrogens (tertiary/aromatic N) is 1. The minimum Gasteiger partial charge on any atom is -0.489 e. The maximum Gasteiger partial charge on any atom is 0.326 e. The standard InChI is InChI=1S/C20H24ClNO5S/c1-6-12(2)26-15-8-7-13(9-14(15)21)10-16-18(24)22(19(25)28-16)11-17(23)27-20(3,4)5/h7-10,12H,6,11H2,1-5H3. The molecule has 1 aromatic carbocycles. The number of hydrogen-bond acceptors (Lipinski definition) is 6. The topological polar surface area (TPSA) is 72.9 Å². The molecular formula is C20H24ClNO5S. The predicted octanol–water partition coefficient (Wildman–Crippen LogP) is 4.90. The number of amides is 2. The summed E-state index contributed by atoms with van der Waals surface area (Å²) in [5, 5.41) is -0.0908. The Morgan fingerprint density at radius 2 is 2.00 bits per heavy atom. The highest BCUT2D eigenvalue weighted by Crippen LogP contribution is 2.34. The van der Waals surface area contributed by atoms with Gasteiger partial charge in [-0.1, -0.05) is 24.6 Å². The largest absolute Gasteiger partial charge is 0.489 e. The maximum absolute atomic E-state index is 12.5. The summed E-state index contributed by atoms with van der Waals surface area (Å²) < 4.78 is 10.9. The van der Waals surface area contributed by atoms with Crippen molar-refractivity contribution >= 4 is 46.6 Å². The first-order chi connectivity index (χ1) is 13.0. The van der Waals surface area contributed by atoms with Gasteiger partial charge in [0.15, 0.2) is 0 Å². The van der Waals surface area contributed by atoms with Crippen molar-refractivity contribution in [3.63, 3.8) is 0 Å². The summed E-state index contributed by atoms with van der Waals surface area (Å²) in [4.78, 5) is 37.7. The van der Waals surface area contributed by atoms with E-state index in [4.69, 9.17) is 21.1 Å². The first kappa shape index (κ1) is 22.3. The molecule has 0 saturated carbocycles. The normalized spacial score (nSPS) is 17.2. The van der Waals surface area contributed by atoms with Crippen LogP contribution in [0.1, 0.15) is 46.6 Å². The number of hydrogen-bond donors (Lipinski definition) is 0. The summed E-state index contributed by atoms with van der Waals surface area (Å²) in [5.41, 5.74) is -0.0332. The van der Waals surface area contributed by atoms with E-state index in [-0.39, 0.29) is 11.0 Å². The molecule has 2 rings (SSSR count). The molecule has 1 saturated heterocycles. The van der Waals surface area contributed by atoms with Crippen molar-refractivity contribution in [3.05, 3.63) is 33.7 Å². The van der Waals surface area contributed by atoms with E-state index in [2.05, 4.69) is 0 Å². The van der Waals surface area contributed by atoms with Gasteiger partial charge in [0, 0.05) is 0 Å². The smallest absolute Gasteiger partial charge is 0.326 e. The van der Waals surface area contributed by atoms with Crippen LogP contribution in [0, 0.1) is 0 Å². The van der Waals surface area contributed by atoms with Gasteiger partial charge in [-0.3, -0.25) is 19.3 Å². The van der Waals surface area contributed by atoms with E-state index in [0.717, 1.165) is 23.1 Å². The molecule has 1 aromatic rings. The van der Waals surface area contributed by atoms with Gasteiger partial charge in [0.2, 0.25) is 0 Å². The molecule has 1 atom stereocenters. The molecule has 2 amide bonds. The summed E-state index contributed by atoms with van der Waals surface area (Å²) in [5.74, 6) is -0.603. The minimum atomic E-state index is -0.690. The molecule has 0 bridgehead atoms. The Hall–Kier alpha value is -1.99. The first-order valence-corrected chi connectivity index (χ1v) is 10.1. The van der Waals surface area contributed by atoms with Crippen LogP contribution in [-0.4, -0.2) is 40.3 Å². The number of halogens is 1. The highest BCUT2D eigenvalue weighted by Gasteiger charge is 2.37. The van der Waals surface area contributed by atoms with E-state index >= 15 is 0 Å². The number of benzene rings is 1. The van der Waals surface area contributed by atoms with Gasteiger partial charge in [-0.2, -0.15) is 0 Å². The van der Waals surface area contributed by atoms with Crippen molar-refractivity contribution < 1.29 is 23.9 Å². The highest BCUT2D eigenvalue weighted by atomic mass is 35.5. The Balaban J connectivity index is 2.13. The summed E-state index contributed by atoms with van der Waals surface area (Å²) in [6.45, 7) is 8.71. The number of imide groups is 1. The van der Waals surface area contributed by atoms with Crippen molar-refractivity contribution in [2.24, 2.45) is 0 Å². The second-order valence-electron chi connectivity index (χ2n) is 7.38. The van der Waals surface area contributed by atoms with Gasteiger partial charge in [0.05, 0.1) is 16.0 Å². The Bertz CT molecular complexity index is 815.